The van der Waals surface area contributed by atoms with Gasteiger partial charge in [0, 0.05) is 17.8 Å². The van der Waals surface area contributed by atoms with Crippen LogP contribution in [0.15, 0.2) is 71.6 Å². The summed E-state index contributed by atoms with van der Waals surface area (Å²) in [6.07, 6.45) is 0. The monoisotopic (exact) mass is 450 g/mol. The normalized spacial score (nSPS) is 12.5. The third-order valence-electron chi connectivity index (χ3n) is 4.79. The molecule has 0 fully saturated rings. The van der Waals surface area contributed by atoms with Gasteiger partial charge in [-0.25, -0.2) is 18.4 Å². The first-order valence-corrected chi connectivity index (χ1v) is 11.1. The highest BCUT2D eigenvalue weighted by atomic mass is 32.2. The van der Waals surface area contributed by atoms with Gasteiger partial charge in [0.05, 0.1) is 23.0 Å². The molecule has 0 amide bonds. The zero-order valence-electron chi connectivity index (χ0n) is 16.9. The number of benzene rings is 3. The van der Waals surface area contributed by atoms with E-state index in [1.807, 2.05) is 0 Å². The largest absolute Gasteiger partial charge is 0.497 e. The molecule has 2 heterocycles. The molecule has 0 spiro atoms. The van der Waals surface area contributed by atoms with Crippen LogP contribution in [0.1, 0.15) is 0 Å². The van der Waals surface area contributed by atoms with Gasteiger partial charge in [-0.15, -0.1) is 0 Å². The number of nitrogens with one attached hydrogen (secondary N) is 2. The van der Waals surface area contributed by atoms with Crippen LogP contribution < -0.4 is 24.2 Å². The fourth-order valence-electron chi connectivity index (χ4n) is 3.22. The number of sulfonamides is 1. The number of rotatable bonds is 6. The molecular weight excluding hydrogens is 432 g/mol. The molecule has 5 rings (SSSR count). The molecule has 10 heteroatoms. The number of aromatic nitrogens is 2. The van der Waals surface area contributed by atoms with Crippen LogP contribution in [0.5, 0.6) is 17.2 Å². The van der Waals surface area contributed by atoms with Gasteiger partial charge in [0.15, 0.2) is 23.1 Å². The van der Waals surface area contributed by atoms with Crippen molar-refractivity contribution in [2.75, 3.05) is 23.9 Å². The molecular formula is C22H18N4O5S. The number of hydrogen-bond acceptors (Lipinski definition) is 8. The molecule has 0 aliphatic carbocycles. The van der Waals surface area contributed by atoms with E-state index in [0.29, 0.717) is 34.0 Å². The van der Waals surface area contributed by atoms with Crippen molar-refractivity contribution < 1.29 is 22.6 Å². The topological polar surface area (TPSA) is 112 Å². The van der Waals surface area contributed by atoms with E-state index in [0.717, 1.165) is 0 Å². The van der Waals surface area contributed by atoms with Crippen LogP contribution >= 0.6 is 0 Å². The highest BCUT2D eigenvalue weighted by Crippen LogP contribution is 2.36. The van der Waals surface area contributed by atoms with Gasteiger partial charge < -0.3 is 19.5 Å². The van der Waals surface area contributed by atoms with E-state index in [1.165, 1.54) is 12.1 Å². The van der Waals surface area contributed by atoms with E-state index in [-0.39, 0.29) is 23.3 Å². The van der Waals surface area contributed by atoms with Crippen LogP contribution in [0.4, 0.5) is 17.3 Å². The summed E-state index contributed by atoms with van der Waals surface area (Å²) in [7, 11) is -2.32. The molecule has 32 heavy (non-hydrogen) atoms. The quantitative estimate of drug-likeness (QED) is 0.455. The van der Waals surface area contributed by atoms with E-state index >= 15 is 0 Å². The van der Waals surface area contributed by atoms with Crippen LogP contribution in [-0.4, -0.2) is 32.3 Å². The van der Waals surface area contributed by atoms with Crippen LogP contribution in [-0.2, 0) is 10.0 Å². The second-order valence-corrected chi connectivity index (χ2v) is 8.57. The molecule has 0 atom stereocenters. The maximum Gasteiger partial charge on any atom is 0.263 e. The molecule has 1 aromatic heterocycles. The van der Waals surface area contributed by atoms with Crippen molar-refractivity contribution in [3.05, 3.63) is 66.7 Å². The van der Waals surface area contributed by atoms with E-state index < -0.39 is 10.0 Å². The van der Waals surface area contributed by atoms with E-state index in [2.05, 4.69) is 20.0 Å². The number of nitrogens with zero attached hydrogens (tertiary/aromatic N) is 2. The van der Waals surface area contributed by atoms with Gasteiger partial charge in [-0.05, 0) is 36.4 Å². The number of fused-ring (bicyclic) bond motifs is 2. The Hall–Kier alpha value is -4.05. The van der Waals surface area contributed by atoms with Crippen LogP contribution in [0.2, 0.25) is 0 Å². The summed E-state index contributed by atoms with van der Waals surface area (Å²) in [6, 6.07) is 18.5. The van der Waals surface area contributed by atoms with E-state index in [4.69, 9.17) is 14.2 Å². The summed E-state index contributed by atoms with van der Waals surface area (Å²) >= 11 is 0. The summed E-state index contributed by atoms with van der Waals surface area (Å²) in [5, 5.41) is 3.13. The fourth-order valence-corrected chi connectivity index (χ4v) is 4.25. The molecule has 0 saturated carbocycles. The van der Waals surface area contributed by atoms with Crippen molar-refractivity contribution in [1.29, 1.82) is 0 Å². The lowest BCUT2D eigenvalue weighted by molar-refractivity contribution is 0.174. The first kappa shape index (κ1) is 19.9. The maximum absolute atomic E-state index is 12.9. The standard InChI is InChI=1S/C22H18N4O5S/c1-29-15-8-9-17-18(12-15)25-21(23-14-7-10-19-20(11-14)31-13-30-19)22(24-17)26-32(27,28)16-5-3-2-4-6-16/h2-12H,13H2,1H3,(H,23,25)(H,24,26). The van der Waals surface area contributed by atoms with Gasteiger partial charge in [-0.2, -0.15) is 0 Å². The fraction of sp³-hybridized carbons (Fsp3) is 0.0909. The highest BCUT2D eigenvalue weighted by Gasteiger charge is 2.20. The van der Waals surface area contributed by atoms with Gasteiger partial charge in [-0.1, -0.05) is 18.2 Å². The molecule has 1 aliphatic rings. The first-order chi connectivity index (χ1) is 15.5. The van der Waals surface area contributed by atoms with Gasteiger partial charge in [-0.3, -0.25) is 4.72 Å². The molecule has 162 valence electrons. The Morgan fingerprint density at radius 2 is 1.66 bits per heavy atom. The number of ether oxygens (including phenoxy) is 3. The molecule has 0 saturated heterocycles. The van der Waals surface area contributed by atoms with Gasteiger partial charge >= 0.3 is 0 Å². The zero-order valence-corrected chi connectivity index (χ0v) is 17.7. The summed E-state index contributed by atoms with van der Waals surface area (Å²) in [5.74, 6) is 2.11. The third kappa shape index (κ3) is 3.83. The Labute approximate surface area is 184 Å². The van der Waals surface area contributed by atoms with Crippen molar-refractivity contribution in [2.45, 2.75) is 4.90 Å². The van der Waals surface area contributed by atoms with Crippen LogP contribution in [0.3, 0.4) is 0 Å². The van der Waals surface area contributed by atoms with Gasteiger partial charge in [0.25, 0.3) is 10.0 Å². The number of anilines is 3. The lowest BCUT2D eigenvalue weighted by atomic mass is 10.2. The minimum atomic E-state index is -3.88. The highest BCUT2D eigenvalue weighted by molar-refractivity contribution is 7.92. The molecule has 0 unspecified atom stereocenters. The second kappa shape index (κ2) is 7.89. The van der Waals surface area contributed by atoms with Crippen molar-refractivity contribution in [1.82, 2.24) is 9.97 Å². The summed E-state index contributed by atoms with van der Waals surface area (Å²) in [4.78, 5) is 9.22. The SMILES string of the molecule is COc1ccc2nc(NS(=O)(=O)c3ccccc3)c(Nc3ccc4c(c3)OCO4)nc2c1. The van der Waals surface area contributed by atoms with Gasteiger partial charge in [0.1, 0.15) is 5.75 Å². The molecule has 0 radical (unpaired) electrons. The van der Waals surface area contributed by atoms with Crippen molar-refractivity contribution in [3.63, 3.8) is 0 Å². The summed E-state index contributed by atoms with van der Waals surface area (Å²) in [5.41, 5.74) is 1.68. The third-order valence-corrected chi connectivity index (χ3v) is 6.15. The van der Waals surface area contributed by atoms with Crippen molar-refractivity contribution >= 4 is 38.4 Å². The average molecular weight is 450 g/mol. The summed E-state index contributed by atoms with van der Waals surface area (Å²) in [6.45, 7) is 0.149. The Morgan fingerprint density at radius 1 is 0.875 bits per heavy atom. The Bertz CT molecular complexity index is 1410. The second-order valence-electron chi connectivity index (χ2n) is 6.89. The minimum absolute atomic E-state index is 0.0594. The molecule has 0 bridgehead atoms. The number of hydrogen-bond donors (Lipinski definition) is 2. The molecule has 3 aromatic carbocycles. The Kier molecular flexibility index (Phi) is 4.91. The molecule has 4 aromatic rings. The maximum atomic E-state index is 12.9. The van der Waals surface area contributed by atoms with E-state index in [1.54, 1.807) is 61.7 Å². The summed E-state index contributed by atoms with van der Waals surface area (Å²) < 4.78 is 44.4. The molecule has 2 N–H and O–H groups in total. The lowest BCUT2D eigenvalue weighted by Crippen LogP contribution is -2.16. The predicted octanol–water partition coefficient (Wildman–Crippen LogP) is 3.91. The van der Waals surface area contributed by atoms with E-state index in [9.17, 15) is 8.42 Å². The predicted molar refractivity (Wildman–Crippen MR) is 119 cm³/mol. The van der Waals surface area contributed by atoms with Crippen LogP contribution in [0.25, 0.3) is 11.0 Å². The van der Waals surface area contributed by atoms with Crippen molar-refractivity contribution in [3.8, 4) is 17.2 Å². The van der Waals surface area contributed by atoms with Crippen LogP contribution in [0, 0.1) is 0 Å². The Balaban J connectivity index is 1.58. The zero-order chi connectivity index (χ0) is 22.1. The minimum Gasteiger partial charge on any atom is -0.497 e. The molecule has 9 nitrogen and oxygen atoms in total. The Morgan fingerprint density at radius 3 is 2.47 bits per heavy atom. The average Bonchev–Trinajstić information content (AvgIpc) is 3.27. The smallest absolute Gasteiger partial charge is 0.263 e. The van der Waals surface area contributed by atoms with Crippen molar-refractivity contribution in [2.24, 2.45) is 0 Å². The number of methoxy groups -OCH3 is 1. The first-order valence-electron chi connectivity index (χ1n) is 9.62. The lowest BCUT2D eigenvalue weighted by Gasteiger charge is -2.14. The van der Waals surface area contributed by atoms with Gasteiger partial charge in [0.2, 0.25) is 6.79 Å². The molecule has 1 aliphatic heterocycles.